The summed E-state index contributed by atoms with van der Waals surface area (Å²) in [5, 5.41) is 21.9. The lowest BCUT2D eigenvalue weighted by Crippen LogP contribution is -2.47. The smallest absolute Gasteiger partial charge is 0.0898 e. The molecule has 0 bridgehead atoms. The Bertz CT molecular complexity index is 195. The average Bonchev–Trinajstić information content (AvgIpc) is 2.23. The van der Waals surface area contributed by atoms with Crippen molar-refractivity contribution < 1.29 is 14.9 Å². The Labute approximate surface area is 105 Å². The lowest BCUT2D eigenvalue weighted by Gasteiger charge is -2.26. The highest BCUT2D eigenvalue weighted by Crippen LogP contribution is 2.08. The SMILES string of the molecule is CC(C)CC(C)OCC(O)CNC(C)(C)CO. The quantitative estimate of drug-likeness (QED) is 0.572. The molecule has 0 saturated carbocycles. The van der Waals surface area contributed by atoms with Crippen molar-refractivity contribution >= 4 is 0 Å². The molecule has 0 amide bonds. The predicted molar refractivity (Wildman–Crippen MR) is 70.0 cm³/mol. The lowest BCUT2D eigenvalue weighted by molar-refractivity contribution is -0.0114. The summed E-state index contributed by atoms with van der Waals surface area (Å²) in [5.74, 6) is 0.605. The normalized spacial score (nSPS) is 16.2. The fourth-order valence-electron chi connectivity index (χ4n) is 1.52. The first-order valence-corrected chi connectivity index (χ1v) is 6.42. The number of ether oxygens (including phenoxy) is 1. The van der Waals surface area contributed by atoms with Crippen LogP contribution in [0.5, 0.6) is 0 Å². The van der Waals surface area contributed by atoms with Crippen LogP contribution in [0.3, 0.4) is 0 Å². The highest BCUT2D eigenvalue weighted by molar-refractivity contribution is 4.77. The Hall–Kier alpha value is -0.160. The zero-order valence-electron chi connectivity index (χ0n) is 11.9. The first-order chi connectivity index (χ1) is 7.76. The van der Waals surface area contributed by atoms with Gasteiger partial charge in [0, 0.05) is 12.1 Å². The van der Waals surface area contributed by atoms with Gasteiger partial charge in [-0.3, -0.25) is 0 Å². The summed E-state index contributed by atoms with van der Waals surface area (Å²) in [6.45, 7) is 10.9. The molecule has 0 aliphatic heterocycles. The Balaban J connectivity index is 3.69. The van der Waals surface area contributed by atoms with Crippen LogP contribution in [0.15, 0.2) is 0 Å². The maximum Gasteiger partial charge on any atom is 0.0898 e. The summed E-state index contributed by atoms with van der Waals surface area (Å²) >= 11 is 0. The van der Waals surface area contributed by atoms with Crippen molar-refractivity contribution in [2.45, 2.75) is 58.8 Å². The summed E-state index contributed by atoms with van der Waals surface area (Å²) in [6.07, 6.45) is 0.647. The molecule has 0 aromatic heterocycles. The van der Waals surface area contributed by atoms with Crippen LogP contribution in [-0.2, 0) is 4.74 Å². The van der Waals surface area contributed by atoms with Gasteiger partial charge in [0.15, 0.2) is 0 Å². The van der Waals surface area contributed by atoms with Crippen LogP contribution in [0.4, 0.5) is 0 Å². The van der Waals surface area contributed by atoms with Gasteiger partial charge in [-0.15, -0.1) is 0 Å². The van der Waals surface area contributed by atoms with E-state index in [1.807, 2.05) is 20.8 Å². The number of rotatable bonds is 9. The van der Waals surface area contributed by atoms with Crippen molar-refractivity contribution in [2.24, 2.45) is 5.92 Å². The number of aliphatic hydroxyl groups excluding tert-OH is 2. The van der Waals surface area contributed by atoms with Gasteiger partial charge in [-0.1, -0.05) is 13.8 Å². The number of hydrogen-bond acceptors (Lipinski definition) is 4. The van der Waals surface area contributed by atoms with Gasteiger partial charge in [-0.25, -0.2) is 0 Å². The molecule has 2 unspecified atom stereocenters. The molecule has 4 nitrogen and oxygen atoms in total. The summed E-state index contributed by atoms with van der Waals surface area (Å²) in [4.78, 5) is 0. The van der Waals surface area contributed by atoms with Gasteiger partial charge in [0.25, 0.3) is 0 Å². The van der Waals surface area contributed by atoms with Crippen molar-refractivity contribution in [2.75, 3.05) is 19.8 Å². The highest BCUT2D eigenvalue weighted by atomic mass is 16.5. The number of nitrogens with one attached hydrogen (secondary N) is 1. The third-order valence-corrected chi connectivity index (χ3v) is 2.59. The summed E-state index contributed by atoms with van der Waals surface area (Å²) < 4.78 is 5.56. The van der Waals surface area contributed by atoms with Crippen molar-refractivity contribution in [3.05, 3.63) is 0 Å². The van der Waals surface area contributed by atoms with Gasteiger partial charge in [0.1, 0.15) is 0 Å². The van der Waals surface area contributed by atoms with Gasteiger partial charge >= 0.3 is 0 Å². The van der Waals surface area contributed by atoms with Crippen molar-refractivity contribution in [1.82, 2.24) is 5.32 Å². The van der Waals surface area contributed by atoms with Crippen LogP contribution < -0.4 is 5.32 Å². The van der Waals surface area contributed by atoms with Crippen LogP contribution in [0, 0.1) is 5.92 Å². The molecule has 4 heteroatoms. The van der Waals surface area contributed by atoms with Gasteiger partial charge in [0.2, 0.25) is 0 Å². The summed E-state index contributed by atoms with van der Waals surface area (Å²) in [7, 11) is 0. The standard InChI is InChI=1S/C13H29NO3/c1-10(2)6-11(3)17-8-12(16)7-14-13(4,5)9-15/h10-12,14-16H,6-9H2,1-5H3. The summed E-state index contributed by atoms with van der Waals surface area (Å²) in [5.41, 5.74) is -0.357. The fourth-order valence-corrected chi connectivity index (χ4v) is 1.52. The molecule has 0 aromatic rings. The molecule has 0 spiro atoms. The molecular weight excluding hydrogens is 218 g/mol. The molecule has 0 heterocycles. The molecule has 17 heavy (non-hydrogen) atoms. The van der Waals surface area contributed by atoms with E-state index in [9.17, 15) is 5.11 Å². The number of hydrogen-bond donors (Lipinski definition) is 3. The van der Waals surface area contributed by atoms with Gasteiger partial charge in [-0.05, 0) is 33.1 Å². The third kappa shape index (κ3) is 9.53. The maximum atomic E-state index is 9.72. The topological polar surface area (TPSA) is 61.7 Å². The number of β-amino-alcohol motifs (C(OH)–C–C–N with tert-alkyl or cyclic N) is 1. The zero-order chi connectivity index (χ0) is 13.5. The molecule has 2 atom stereocenters. The van der Waals surface area contributed by atoms with E-state index in [2.05, 4.69) is 19.2 Å². The van der Waals surface area contributed by atoms with Gasteiger partial charge in [0.05, 0.1) is 25.4 Å². The second-order valence-electron chi connectivity index (χ2n) is 5.85. The van der Waals surface area contributed by atoms with Crippen LogP contribution >= 0.6 is 0 Å². The van der Waals surface area contributed by atoms with E-state index in [0.717, 1.165) is 6.42 Å². The number of aliphatic hydroxyl groups is 2. The monoisotopic (exact) mass is 247 g/mol. The molecule has 0 fully saturated rings. The Morgan fingerprint density at radius 2 is 1.82 bits per heavy atom. The minimum absolute atomic E-state index is 0.0460. The molecule has 0 aromatic carbocycles. The molecule has 3 N–H and O–H groups in total. The van der Waals surface area contributed by atoms with Crippen molar-refractivity contribution in [1.29, 1.82) is 0 Å². The van der Waals surface area contributed by atoms with Crippen molar-refractivity contribution in [3.63, 3.8) is 0 Å². The van der Waals surface area contributed by atoms with Crippen LogP contribution in [0.1, 0.15) is 41.0 Å². The Morgan fingerprint density at radius 3 is 2.29 bits per heavy atom. The van der Waals surface area contributed by atoms with E-state index in [-0.39, 0.29) is 18.2 Å². The maximum absolute atomic E-state index is 9.72. The van der Waals surface area contributed by atoms with Crippen molar-refractivity contribution in [3.8, 4) is 0 Å². The Morgan fingerprint density at radius 1 is 1.24 bits per heavy atom. The second-order valence-corrected chi connectivity index (χ2v) is 5.85. The predicted octanol–water partition coefficient (Wildman–Crippen LogP) is 1.16. The Kier molecular flexibility index (Phi) is 7.96. The van der Waals surface area contributed by atoms with E-state index in [1.165, 1.54) is 0 Å². The van der Waals surface area contributed by atoms with Crippen LogP contribution in [0.2, 0.25) is 0 Å². The average molecular weight is 247 g/mol. The minimum atomic E-state index is -0.532. The van der Waals surface area contributed by atoms with Crippen LogP contribution in [0.25, 0.3) is 0 Å². The molecule has 0 aliphatic rings. The molecule has 104 valence electrons. The lowest BCUT2D eigenvalue weighted by atomic mass is 10.1. The fraction of sp³-hybridized carbons (Fsp3) is 1.00. The van der Waals surface area contributed by atoms with E-state index >= 15 is 0 Å². The zero-order valence-corrected chi connectivity index (χ0v) is 11.9. The first kappa shape index (κ1) is 16.8. The molecular formula is C13H29NO3. The van der Waals surface area contributed by atoms with E-state index in [0.29, 0.717) is 19.1 Å². The van der Waals surface area contributed by atoms with Crippen LogP contribution in [-0.4, -0.2) is 47.7 Å². The van der Waals surface area contributed by atoms with Gasteiger partial charge < -0.3 is 20.3 Å². The first-order valence-electron chi connectivity index (χ1n) is 6.42. The molecule has 0 radical (unpaired) electrons. The second kappa shape index (κ2) is 8.03. The van der Waals surface area contributed by atoms with E-state index in [4.69, 9.17) is 9.84 Å². The third-order valence-electron chi connectivity index (χ3n) is 2.59. The highest BCUT2D eigenvalue weighted by Gasteiger charge is 2.17. The van der Waals surface area contributed by atoms with E-state index in [1.54, 1.807) is 0 Å². The van der Waals surface area contributed by atoms with E-state index < -0.39 is 6.10 Å². The summed E-state index contributed by atoms with van der Waals surface area (Å²) in [6, 6.07) is 0. The largest absolute Gasteiger partial charge is 0.394 e. The minimum Gasteiger partial charge on any atom is -0.394 e. The molecule has 0 aliphatic carbocycles. The molecule has 0 saturated heterocycles. The molecule has 0 rings (SSSR count). The van der Waals surface area contributed by atoms with Gasteiger partial charge in [-0.2, -0.15) is 0 Å².